The Morgan fingerprint density at radius 1 is 1.14 bits per heavy atom. The number of hydrogen-bond donors (Lipinski definition) is 1. The molecule has 0 radical (unpaired) electrons. The number of rotatable bonds is 4. The van der Waals surface area contributed by atoms with E-state index in [0.717, 1.165) is 16.8 Å². The number of aryl methyl sites for hydroxylation is 1. The van der Waals surface area contributed by atoms with Crippen LogP contribution in [0.25, 0.3) is 11.3 Å². The molecule has 0 saturated carbocycles. The lowest BCUT2D eigenvalue weighted by Gasteiger charge is -2.13. The minimum Gasteiger partial charge on any atom is -0.321 e. The van der Waals surface area contributed by atoms with Gasteiger partial charge in [-0.2, -0.15) is 5.10 Å². The smallest absolute Gasteiger partial charge is 0.276 e. The molecule has 3 aromatic rings. The Morgan fingerprint density at radius 3 is 2.45 bits per heavy atom. The molecule has 0 unspecified atom stereocenters. The Balaban J connectivity index is 1.69. The number of carbonyl (C=O) groups is 1. The highest BCUT2D eigenvalue weighted by Gasteiger charge is 2.32. The number of aromatic nitrogens is 2. The average molecular weight is 430 g/mol. The summed E-state index contributed by atoms with van der Waals surface area (Å²) in [5, 5.41) is 7.87. The number of nitrogens with one attached hydrogen (secondary N) is 1. The van der Waals surface area contributed by atoms with E-state index in [1.807, 2.05) is 31.2 Å². The third-order valence-electron chi connectivity index (χ3n) is 4.97. The van der Waals surface area contributed by atoms with E-state index in [1.165, 1.54) is 0 Å². The van der Waals surface area contributed by atoms with Crippen LogP contribution in [-0.2, 0) is 9.84 Å². The number of benzene rings is 2. The van der Waals surface area contributed by atoms with Crippen molar-refractivity contribution in [1.29, 1.82) is 0 Å². The second-order valence-corrected chi connectivity index (χ2v) is 9.91. The highest BCUT2D eigenvalue weighted by molar-refractivity contribution is 7.91. The van der Waals surface area contributed by atoms with Gasteiger partial charge in [-0.3, -0.25) is 9.48 Å². The Hall–Kier alpha value is -2.64. The summed E-state index contributed by atoms with van der Waals surface area (Å²) < 4.78 is 25.7. The Kier molecular flexibility index (Phi) is 5.19. The Bertz CT molecular complexity index is 1150. The molecule has 0 spiro atoms. The van der Waals surface area contributed by atoms with Crippen molar-refractivity contribution in [1.82, 2.24) is 9.78 Å². The Labute approximate surface area is 174 Å². The molecule has 2 aromatic carbocycles. The molecule has 4 rings (SSSR count). The van der Waals surface area contributed by atoms with Gasteiger partial charge in [-0.25, -0.2) is 8.42 Å². The fourth-order valence-electron chi connectivity index (χ4n) is 3.42. The molecule has 6 nitrogen and oxygen atoms in total. The molecule has 1 saturated heterocycles. The van der Waals surface area contributed by atoms with E-state index in [4.69, 9.17) is 11.6 Å². The molecule has 0 bridgehead atoms. The van der Waals surface area contributed by atoms with E-state index in [1.54, 1.807) is 35.0 Å². The van der Waals surface area contributed by atoms with Crippen LogP contribution < -0.4 is 5.32 Å². The van der Waals surface area contributed by atoms with Crippen LogP contribution in [0, 0.1) is 6.92 Å². The number of anilines is 1. The molecular formula is C21H20ClN3O3S. The van der Waals surface area contributed by atoms with Gasteiger partial charge >= 0.3 is 0 Å². The zero-order chi connectivity index (χ0) is 20.6. The van der Waals surface area contributed by atoms with Crippen LogP contribution in [0.2, 0.25) is 5.02 Å². The number of amides is 1. The van der Waals surface area contributed by atoms with Crippen LogP contribution in [-0.4, -0.2) is 35.6 Å². The fraction of sp³-hybridized carbons (Fsp3) is 0.238. The fourth-order valence-corrected chi connectivity index (χ4v) is 5.24. The minimum absolute atomic E-state index is 0.0335. The molecule has 150 valence electrons. The molecule has 1 fully saturated rings. The number of hydrogen-bond acceptors (Lipinski definition) is 4. The van der Waals surface area contributed by atoms with Crippen LogP contribution >= 0.6 is 11.6 Å². The van der Waals surface area contributed by atoms with Gasteiger partial charge in [0.05, 0.1) is 23.2 Å². The lowest BCUT2D eigenvalue weighted by atomic mass is 10.1. The molecule has 0 aliphatic carbocycles. The van der Waals surface area contributed by atoms with E-state index < -0.39 is 9.84 Å². The molecule has 2 heterocycles. The molecule has 8 heteroatoms. The maximum absolute atomic E-state index is 12.8. The van der Waals surface area contributed by atoms with Crippen molar-refractivity contribution < 1.29 is 13.2 Å². The third kappa shape index (κ3) is 4.36. The predicted octanol–water partition coefficient (Wildman–Crippen LogP) is 4.12. The van der Waals surface area contributed by atoms with Crippen molar-refractivity contribution in [3.8, 4) is 11.3 Å². The molecule has 1 N–H and O–H groups in total. The summed E-state index contributed by atoms with van der Waals surface area (Å²) in [7, 11) is -3.09. The predicted molar refractivity (Wildman–Crippen MR) is 114 cm³/mol. The molecular weight excluding hydrogens is 410 g/mol. The van der Waals surface area contributed by atoms with E-state index >= 15 is 0 Å². The second-order valence-electron chi connectivity index (χ2n) is 7.24. The summed E-state index contributed by atoms with van der Waals surface area (Å²) in [6.45, 7) is 2.00. The summed E-state index contributed by atoms with van der Waals surface area (Å²) >= 11 is 5.89. The molecule has 1 aliphatic heterocycles. The molecule has 1 aromatic heterocycles. The maximum atomic E-state index is 12.8. The largest absolute Gasteiger partial charge is 0.321 e. The van der Waals surface area contributed by atoms with Crippen LogP contribution in [0.15, 0.2) is 54.6 Å². The van der Waals surface area contributed by atoms with Crippen molar-refractivity contribution in [3.63, 3.8) is 0 Å². The SMILES string of the molecule is Cc1ccc(-c2cc(C(=O)Nc3ccc(Cl)cc3)nn2[C@@H]2CCS(=O)(=O)C2)cc1. The zero-order valence-electron chi connectivity index (χ0n) is 15.8. The lowest BCUT2D eigenvalue weighted by molar-refractivity contribution is 0.102. The topological polar surface area (TPSA) is 81.1 Å². The highest BCUT2D eigenvalue weighted by Crippen LogP contribution is 2.30. The normalized spacial score (nSPS) is 17.9. The van der Waals surface area contributed by atoms with Crippen molar-refractivity contribution in [2.24, 2.45) is 0 Å². The van der Waals surface area contributed by atoms with Gasteiger partial charge < -0.3 is 5.32 Å². The quantitative estimate of drug-likeness (QED) is 0.676. The van der Waals surface area contributed by atoms with Gasteiger partial charge in [0.25, 0.3) is 5.91 Å². The van der Waals surface area contributed by atoms with E-state index in [9.17, 15) is 13.2 Å². The molecule has 1 amide bonds. The lowest BCUT2D eigenvalue weighted by Crippen LogP contribution is -2.16. The average Bonchev–Trinajstić information content (AvgIpc) is 3.28. The van der Waals surface area contributed by atoms with Crippen molar-refractivity contribution in [3.05, 3.63) is 70.9 Å². The minimum atomic E-state index is -3.09. The summed E-state index contributed by atoms with van der Waals surface area (Å²) in [5.41, 5.74) is 3.57. The van der Waals surface area contributed by atoms with Crippen LogP contribution in [0.5, 0.6) is 0 Å². The monoisotopic (exact) mass is 429 g/mol. The van der Waals surface area contributed by atoms with Gasteiger partial charge in [0.1, 0.15) is 0 Å². The van der Waals surface area contributed by atoms with Crippen molar-refractivity contribution >= 4 is 33.0 Å². The van der Waals surface area contributed by atoms with Crippen LogP contribution in [0.4, 0.5) is 5.69 Å². The first kappa shape index (κ1) is 19.7. The number of nitrogens with zero attached hydrogens (tertiary/aromatic N) is 2. The number of sulfone groups is 1. The second kappa shape index (κ2) is 7.65. The van der Waals surface area contributed by atoms with Crippen molar-refractivity contribution in [2.75, 3.05) is 16.8 Å². The van der Waals surface area contributed by atoms with E-state index in [0.29, 0.717) is 17.1 Å². The molecule has 29 heavy (non-hydrogen) atoms. The van der Waals surface area contributed by atoms with Crippen molar-refractivity contribution in [2.45, 2.75) is 19.4 Å². The summed E-state index contributed by atoms with van der Waals surface area (Å²) in [4.78, 5) is 12.8. The molecule has 1 atom stereocenters. The van der Waals surface area contributed by atoms with Crippen LogP contribution in [0.1, 0.15) is 28.5 Å². The Morgan fingerprint density at radius 2 is 1.83 bits per heavy atom. The van der Waals surface area contributed by atoms with E-state index in [-0.39, 0.29) is 29.1 Å². The summed E-state index contributed by atoms with van der Waals surface area (Å²) in [6.07, 6.45) is 0.487. The third-order valence-corrected chi connectivity index (χ3v) is 6.97. The highest BCUT2D eigenvalue weighted by atomic mass is 35.5. The standard InChI is InChI=1S/C21H20ClN3O3S/c1-14-2-4-15(5-3-14)20-12-19(21(26)23-17-8-6-16(22)7-9-17)24-25(20)18-10-11-29(27,28)13-18/h2-9,12,18H,10-11,13H2,1H3,(H,23,26)/t18-/m1/s1. The van der Waals surface area contributed by atoms with Gasteiger partial charge in [-0.1, -0.05) is 41.4 Å². The number of halogens is 1. The van der Waals surface area contributed by atoms with Gasteiger partial charge in [-0.05, 0) is 49.2 Å². The summed E-state index contributed by atoms with van der Waals surface area (Å²) in [6, 6.07) is 16.1. The van der Waals surface area contributed by atoms with Gasteiger partial charge in [0.2, 0.25) is 0 Å². The van der Waals surface area contributed by atoms with Gasteiger partial charge in [0.15, 0.2) is 15.5 Å². The zero-order valence-corrected chi connectivity index (χ0v) is 17.4. The van der Waals surface area contributed by atoms with Gasteiger partial charge in [-0.15, -0.1) is 0 Å². The first-order valence-corrected chi connectivity index (χ1v) is 11.4. The molecule has 1 aliphatic rings. The van der Waals surface area contributed by atoms with E-state index in [2.05, 4.69) is 10.4 Å². The maximum Gasteiger partial charge on any atom is 0.276 e. The first-order chi connectivity index (χ1) is 13.8. The van der Waals surface area contributed by atoms with Gasteiger partial charge in [0, 0.05) is 10.7 Å². The van der Waals surface area contributed by atoms with Crippen LogP contribution in [0.3, 0.4) is 0 Å². The summed E-state index contributed by atoms with van der Waals surface area (Å²) in [5.74, 6) is -0.191. The number of carbonyl (C=O) groups excluding carboxylic acids is 1. The first-order valence-electron chi connectivity index (χ1n) is 9.25.